The van der Waals surface area contributed by atoms with Gasteiger partial charge in [0.05, 0.1) is 13.2 Å². The minimum absolute atomic E-state index is 0.147. The lowest BCUT2D eigenvalue weighted by Gasteiger charge is -2.14. The van der Waals surface area contributed by atoms with Crippen LogP contribution in [-0.4, -0.2) is 63.0 Å². The van der Waals surface area contributed by atoms with E-state index in [1.54, 1.807) is 178 Å². The summed E-state index contributed by atoms with van der Waals surface area (Å²) < 4.78 is 66.4. The van der Waals surface area contributed by atoms with Gasteiger partial charge in [0.1, 0.15) is 82.2 Å². The third-order valence-electron chi connectivity index (χ3n) is 12.0. The number of rotatable bonds is 27. The summed E-state index contributed by atoms with van der Waals surface area (Å²) in [6.07, 6.45) is 8.50. The number of esters is 4. The Hall–Kier alpha value is -12.0. The van der Waals surface area contributed by atoms with Crippen LogP contribution in [-0.2, 0) is 23.9 Å². The Balaban J connectivity index is 0.000000223. The molecule has 0 radical (unpaired) electrons. The zero-order chi connectivity index (χ0) is 66.1. The van der Waals surface area contributed by atoms with Crippen LogP contribution in [0.1, 0.15) is 54.9 Å². The molecule has 0 aliphatic carbocycles. The highest BCUT2D eigenvalue weighted by molar-refractivity contribution is 5.77. The first kappa shape index (κ1) is 70.7. The van der Waals surface area contributed by atoms with Crippen molar-refractivity contribution in [3.8, 4) is 94.0 Å². The maximum atomic E-state index is 12.0. The van der Waals surface area contributed by atoms with Crippen molar-refractivity contribution in [3.63, 3.8) is 0 Å². The van der Waals surface area contributed by atoms with Gasteiger partial charge in [-0.25, -0.2) is 14.4 Å². The number of hydrogen-bond acceptors (Lipinski definition) is 21. The minimum atomic E-state index is -0.760. The third-order valence-corrected chi connectivity index (χ3v) is 12.0. The second kappa shape index (κ2) is 40.4. The molecule has 0 saturated carbocycles. The zero-order valence-electron chi connectivity index (χ0n) is 51.1. The molecule has 0 saturated heterocycles. The number of nitriles is 4. The normalized spacial score (nSPS) is 10.1. The van der Waals surface area contributed by atoms with Gasteiger partial charge in [-0.1, -0.05) is 70.8 Å². The van der Waals surface area contributed by atoms with Crippen molar-refractivity contribution in [2.24, 2.45) is 0 Å². The molecule has 0 N–H and O–H groups in total. The number of ether oxygens (including phenoxy) is 13. The fraction of sp³-hybridized carbons (Fsp3) is 0.211. The van der Waals surface area contributed by atoms with Gasteiger partial charge in [-0.3, -0.25) is 4.79 Å². The zero-order valence-corrected chi connectivity index (χ0v) is 51.1. The van der Waals surface area contributed by atoms with Crippen LogP contribution in [0.3, 0.4) is 0 Å². The molecule has 472 valence electrons. The fourth-order valence-electron chi connectivity index (χ4n) is 7.24. The first-order chi connectivity index (χ1) is 44.6. The number of carbonyl (C=O) groups is 4. The highest BCUT2D eigenvalue weighted by Gasteiger charge is 2.18. The highest BCUT2D eigenvalue weighted by atomic mass is 16.6. The Kier molecular flexibility index (Phi) is 31.1. The van der Waals surface area contributed by atoms with Gasteiger partial charge in [0, 0.05) is 6.42 Å². The summed E-state index contributed by atoms with van der Waals surface area (Å²) in [5, 5.41) is 33.5. The van der Waals surface area contributed by atoms with E-state index in [1.165, 1.54) is 0 Å². The van der Waals surface area contributed by atoms with E-state index in [4.69, 9.17) is 68.4 Å². The molecule has 92 heavy (non-hydrogen) atoms. The van der Waals surface area contributed by atoms with Crippen molar-refractivity contribution in [2.45, 2.75) is 66.4 Å². The van der Waals surface area contributed by atoms with E-state index >= 15 is 0 Å². The third kappa shape index (κ3) is 29.1. The van der Waals surface area contributed by atoms with Crippen molar-refractivity contribution in [2.75, 3.05) is 33.0 Å². The smallest absolute Gasteiger partial charge is 0.352 e. The van der Waals surface area contributed by atoms with Crippen molar-refractivity contribution in [1.29, 1.82) is 21.0 Å². The first-order valence-corrected chi connectivity index (χ1v) is 28.5. The Morgan fingerprint density at radius 1 is 0.326 bits per heavy atom. The Morgan fingerprint density at radius 2 is 0.630 bits per heavy atom. The molecular weight excluding hydrogens is 1180 g/mol. The van der Waals surface area contributed by atoms with E-state index < -0.39 is 24.0 Å². The van der Waals surface area contributed by atoms with E-state index in [0.717, 1.165) is 47.3 Å². The second-order valence-corrected chi connectivity index (χ2v) is 19.4. The van der Waals surface area contributed by atoms with Crippen molar-refractivity contribution < 1.29 is 80.8 Å². The quantitative estimate of drug-likeness (QED) is 0.0200. The van der Waals surface area contributed by atoms with Crippen molar-refractivity contribution >= 4 is 23.9 Å². The molecule has 0 fully saturated rings. The van der Waals surface area contributed by atoms with E-state index in [-0.39, 0.29) is 32.4 Å². The lowest BCUT2D eigenvalue weighted by atomic mass is 10.2. The van der Waals surface area contributed by atoms with E-state index in [1.807, 2.05) is 76.2 Å². The molecule has 21 heteroatoms. The van der Waals surface area contributed by atoms with Gasteiger partial charge < -0.3 is 61.6 Å². The summed E-state index contributed by atoms with van der Waals surface area (Å²) in [6.45, 7) is 10.2. The van der Waals surface area contributed by atoms with Crippen LogP contribution in [0.25, 0.3) is 0 Å². The summed E-state index contributed by atoms with van der Waals surface area (Å²) in [6, 6.07) is 55.2. The predicted molar refractivity (Wildman–Crippen MR) is 334 cm³/mol. The summed E-state index contributed by atoms with van der Waals surface area (Å²) in [4.78, 5) is 46.9. The monoisotopic (exact) mass is 1250 g/mol. The number of unbranched alkanes of at least 4 members (excludes halogenated alkanes) is 2. The average molecular weight is 1250 g/mol. The molecule has 0 aliphatic heterocycles. The summed E-state index contributed by atoms with van der Waals surface area (Å²) in [5.41, 5.74) is 4.40. The van der Waals surface area contributed by atoms with Gasteiger partial charge in [-0.2, -0.15) is 0 Å². The molecule has 0 spiro atoms. The molecule has 1 atom stereocenters. The van der Waals surface area contributed by atoms with Gasteiger partial charge in [-0.15, -0.1) is 21.0 Å². The Morgan fingerprint density at radius 3 is 1.01 bits per heavy atom. The van der Waals surface area contributed by atoms with E-state index in [0.29, 0.717) is 76.3 Å². The summed E-state index contributed by atoms with van der Waals surface area (Å²) >= 11 is 0. The van der Waals surface area contributed by atoms with Crippen molar-refractivity contribution in [3.05, 3.63) is 216 Å². The standard InChI is InChI=1S/C20H21NO4.C18H17NO5.C17H15NO4.C16H13NO4/c1-16-6-8-19(9-7-16)25-20(22)5-3-2-4-14-23-17-10-12-18(13-11-17)24-15-21;1-14-2-4-17(5-3-14)24-18(20)12-21-10-11-22-15-6-8-16(9-7-15)23-13-19;1-12-3-5-16(6-4-12)22-17(19)13(2)21-15-9-7-14(8-10-15)20-11-18;1-12-2-4-15(5-3-12)21-16(18)10-19-13-6-8-14(9-7-13)20-11-17/h6-13H,2-5,14H2,1H3;2-9H,10-12H2,1H3;3-10,13H,1-2H3;2-9H,10H2,1H3. The number of benzene rings is 8. The van der Waals surface area contributed by atoms with Crippen molar-refractivity contribution in [1.82, 2.24) is 0 Å². The molecule has 0 aliphatic rings. The largest absolute Gasteiger partial charge is 0.494 e. The highest BCUT2D eigenvalue weighted by Crippen LogP contribution is 2.23. The molecule has 8 rings (SSSR count). The molecule has 8 aromatic rings. The molecule has 8 aromatic carbocycles. The lowest BCUT2D eigenvalue weighted by molar-refractivity contribution is -0.141. The number of nitrogens with zero attached hydrogens (tertiary/aromatic N) is 4. The van der Waals surface area contributed by atoms with Crippen LogP contribution < -0.4 is 56.8 Å². The van der Waals surface area contributed by atoms with Crippen LogP contribution in [0.15, 0.2) is 194 Å². The van der Waals surface area contributed by atoms with Gasteiger partial charge in [0.25, 0.3) is 25.0 Å². The fourth-order valence-corrected chi connectivity index (χ4v) is 7.24. The van der Waals surface area contributed by atoms with Gasteiger partial charge >= 0.3 is 23.9 Å². The second-order valence-electron chi connectivity index (χ2n) is 19.4. The Bertz CT molecular complexity index is 3690. The summed E-state index contributed by atoms with van der Waals surface area (Å²) in [5.74, 6) is 4.45. The van der Waals surface area contributed by atoms with Gasteiger partial charge in [-0.05, 0) is 199 Å². The summed E-state index contributed by atoms with van der Waals surface area (Å²) in [7, 11) is 0. The number of hydrogen-bond donors (Lipinski definition) is 0. The molecule has 1 unspecified atom stereocenters. The minimum Gasteiger partial charge on any atom is -0.494 e. The lowest BCUT2D eigenvalue weighted by Crippen LogP contribution is -2.28. The topological polar surface area (TPSA) is 283 Å². The maximum Gasteiger partial charge on any atom is 0.352 e. The van der Waals surface area contributed by atoms with Crippen LogP contribution in [0, 0.1) is 73.8 Å². The molecule has 0 aromatic heterocycles. The molecule has 0 heterocycles. The Labute approximate surface area is 533 Å². The predicted octanol–water partition coefficient (Wildman–Crippen LogP) is 13.3. The molecular formula is C71H66N4O17. The van der Waals surface area contributed by atoms with Gasteiger partial charge in [0.2, 0.25) is 0 Å². The number of aryl methyl sites for hydroxylation is 4. The van der Waals surface area contributed by atoms with Gasteiger partial charge in [0.15, 0.2) is 12.7 Å². The average Bonchev–Trinajstić information content (AvgIpc) is 1.98. The van der Waals surface area contributed by atoms with E-state index in [9.17, 15) is 19.2 Å². The number of carbonyl (C=O) groups excluding carboxylic acids is 4. The SMILES string of the molecule is Cc1ccc(OC(=O)C(C)Oc2ccc(OC#N)cc2)cc1.Cc1ccc(OC(=O)CCCCCOc2ccc(OC#N)cc2)cc1.Cc1ccc(OC(=O)COCCOc2ccc(OC#N)cc2)cc1.Cc1ccc(OC(=O)COc2ccc(OC#N)cc2)cc1. The van der Waals surface area contributed by atoms with Crippen LogP contribution in [0.4, 0.5) is 0 Å². The van der Waals surface area contributed by atoms with E-state index in [2.05, 4.69) is 14.2 Å². The molecule has 21 nitrogen and oxygen atoms in total. The maximum absolute atomic E-state index is 12.0. The van der Waals surface area contributed by atoms with Crippen LogP contribution in [0.2, 0.25) is 0 Å². The first-order valence-electron chi connectivity index (χ1n) is 28.5. The van der Waals surface area contributed by atoms with Crippen LogP contribution >= 0.6 is 0 Å². The van der Waals surface area contributed by atoms with Crippen LogP contribution in [0.5, 0.6) is 69.0 Å². The molecule has 0 amide bonds. The molecule has 0 bridgehead atoms.